The topological polar surface area (TPSA) is 183 Å². The molecule has 78 heavy (non-hydrogen) atoms. The summed E-state index contributed by atoms with van der Waals surface area (Å²) < 4.78 is 38.9. The van der Waals surface area contributed by atoms with Gasteiger partial charge in [-0.15, -0.1) is 0 Å². The number of aromatic hydroxyl groups is 1. The number of furan rings is 3. The van der Waals surface area contributed by atoms with E-state index in [1.165, 1.54) is 64.7 Å². The third-order valence-corrected chi connectivity index (χ3v) is 14.9. The molecular weight excluding hydrogens is 991 g/mol. The van der Waals surface area contributed by atoms with Crippen LogP contribution in [-0.4, -0.2) is 104 Å². The third-order valence-electron chi connectivity index (χ3n) is 14.9. The molecule has 406 valence electrons. The van der Waals surface area contributed by atoms with E-state index in [1.807, 2.05) is 61.5 Å². The molecule has 3 saturated heterocycles. The van der Waals surface area contributed by atoms with Gasteiger partial charge in [0, 0.05) is 52.4 Å². The van der Waals surface area contributed by atoms with Gasteiger partial charge in [-0.3, -0.25) is 34.3 Å². The van der Waals surface area contributed by atoms with E-state index in [0.29, 0.717) is 39.3 Å². The second-order valence-corrected chi connectivity index (χ2v) is 20.3. The summed E-state index contributed by atoms with van der Waals surface area (Å²) in [6.45, 7) is 12.4. The molecule has 1 atom stereocenters. The van der Waals surface area contributed by atoms with Gasteiger partial charge < -0.3 is 37.3 Å². The summed E-state index contributed by atoms with van der Waals surface area (Å²) in [7, 11) is 0. The van der Waals surface area contributed by atoms with Crippen LogP contribution in [0.25, 0.3) is 65.2 Å². The molecule has 15 heteroatoms. The SMILES string of the molecule is CCOC(=O)Cc1coc2cc3ccc(O)cc3cc12.CCOC(=O)Cc1coc2cc3ccc(OCCN4CCCCC4)cc3cc12.O=C1CCC(c2coc3cc4ccc(OCCN5CCCCC5)cc4cc23)C(=O)N1. The van der Waals surface area contributed by atoms with Crippen LogP contribution in [0, 0.1) is 0 Å². The molecule has 3 fully saturated rings. The van der Waals surface area contributed by atoms with Crippen molar-refractivity contribution in [2.24, 2.45) is 0 Å². The van der Waals surface area contributed by atoms with Crippen LogP contribution in [0.4, 0.5) is 0 Å². The fraction of sp³-hybridized carbons (Fsp3) is 0.365. The van der Waals surface area contributed by atoms with E-state index < -0.39 is 0 Å². The summed E-state index contributed by atoms with van der Waals surface area (Å²) in [5.74, 6) is 0.623. The highest BCUT2D eigenvalue weighted by Crippen LogP contribution is 2.36. The zero-order valence-electron chi connectivity index (χ0n) is 44.4. The number of likely N-dealkylation sites (tertiary alicyclic amines) is 2. The number of hydrogen-bond donors (Lipinski definition) is 2. The molecule has 1 unspecified atom stereocenters. The predicted molar refractivity (Wildman–Crippen MR) is 300 cm³/mol. The van der Waals surface area contributed by atoms with Crippen LogP contribution >= 0.6 is 0 Å². The van der Waals surface area contributed by atoms with E-state index in [2.05, 4.69) is 39.4 Å². The van der Waals surface area contributed by atoms with Gasteiger partial charge in [-0.25, -0.2) is 0 Å². The molecule has 12 rings (SSSR count). The molecule has 0 radical (unpaired) electrons. The second-order valence-electron chi connectivity index (χ2n) is 20.3. The summed E-state index contributed by atoms with van der Waals surface area (Å²) in [6, 6.07) is 29.3. The van der Waals surface area contributed by atoms with Gasteiger partial charge >= 0.3 is 11.9 Å². The zero-order valence-corrected chi connectivity index (χ0v) is 44.4. The molecule has 2 N–H and O–H groups in total. The number of benzene rings is 6. The largest absolute Gasteiger partial charge is 0.508 e. The van der Waals surface area contributed by atoms with E-state index in [1.54, 1.807) is 37.8 Å². The van der Waals surface area contributed by atoms with Crippen molar-refractivity contribution in [3.63, 3.8) is 0 Å². The van der Waals surface area contributed by atoms with E-state index in [-0.39, 0.29) is 48.3 Å². The van der Waals surface area contributed by atoms with Crippen molar-refractivity contribution in [3.8, 4) is 17.2 Å². The minimum Gasteiger partial charge on any atom is -0.508 e. The lowest BCUT2D eigenvalue weighted by molar-refractivity contribution is -0.143. The Kier molecular flexibility index (Phi) is 17.2. The second kappa shape index (κ2) is 25.1. The number of imide groups is 1. The number of phenolic OH excluding ortho intramolecular Hbond substituents is 1. The molecule has 2 amide bonds. The number of amides is 2. The number of carbonyl (C=O) groups excluding carboxylic acids is 4. The number of phenols is 1. The average molecular weight is 1060 g/mol. The first kappa shape index (κ1) is 53.5. The van der Waals surface area contributed by atoms with Gasteiger partial charge in [0.25, 0.3) is 0 Å². The van der Waals surface area contributed by atoms with Crippen molar-refractivity contribution in [1.29, 1.82) is 0 Å². The number of rotatable bonds is 15. The third kappa shape index (κ3) is 13.1. The lowest BCUT2D eigenvalue weighted by Gasteiger charge is -2.26. The molecular formula is C63H67N3O12. The maximum atomic E-state index is 12.3. The first-order valence-electron chi connectivity index (χ1n) is 27.4. The van der Waals surface area contributed by atoms with Crippen LogP contribution in [-0.2, 0) is 41.5 Å². The van der Waals surface area contributed by atoms with E-state index >= 15 is 0 Å². The quantitative estimate of drug-likeness (QED) is 0.0730. The summed E-state index contributed by atoms with van der Waals surface area (Å²) in [5.41, 5.74) is 4.75. The highest BCUT2D eigenvalue weighted by Gasteiger charge is 2.30. The Morgan fingerprint density at radius 1 is 0.564 bits per heavy atom. The standard InChI is InChI=1S/C24H26N2O4.C23H27NO4.C16H14O4/c27-23-7-6-19(24(28)25-23)21-15-30-22-14-16-4-5-18(12-17(16)13-20(21)22)29-11-10-26-8-2-1-3-9-26;1-2-26-23(25)15-19-16-28-22-14-17-6-7-20(12-18(17)13-21(19)22)27-11-10-24-8-4-3-5-9-24;1-2-19-16(18)8-12-9-20-15-7-10-3-4-13(17)5-11(10)6-14(12)15/h4-5,12-15,19H,1-3,6-11H2,(H,25,27,28);6-7,12-14,16H,2-5,8-11,15H2,1H3;3-7,9,17H,2,8H2,1H3. The molecule has 3 aromatic heterocycles. The fourth-order valence-corrected chi connectivity index (χ4v) is 10.8. The van der Waals surface area contributed by atoms with E-state index in [0.717, 1.165) is 107 Å². The molecule has 6 aromatic carbocycles. The van der Waals surface area contributed by atoms with Gasteiger partial charge in [-0.1, -0.05) is 31.0 Å². The number of piperidine rings is 3. The minimum absolute atomic E-state index is 0.186. The average Bonchev–Trinajstić information content (AvgIpc) is 4.31. The Labute approximate surface area is 452 Å². The van der Waals surface area contributed by atoms with E-state index in [9.17, 15) is 24.3 Å². The number of hydrogen-bond acceptors (Lipinski definition) is 14. The lowest BCUT2D eigenvalue weighted by Crippen LogP contribution is -2.39. The maximum absolute atomic E-state index is 12.3. The zero-order chi connectivity index (χ0) is 54.0. The van der Waals surface area contributed by atoms with Crippen LogP contribution in [0.2, 0.25) is 0 Å². The number of carbonyl (C=O) groups is 4. The molecule has 15 nitrogen and oxygen atoms in total. The van der Waals surface area contributed by atoms with Crippen molar-refractivity contribution < 1.29 is 56.5 Å². The Morgan fingerprint density at radius 3 is 1.53 bits per heavy atom. The van der Waals surface area contributed by atoms with Gasteiger partial charge in [0.05, 0.1) is 50.8 Å². The first-order valence-corrected chi connectivity index (χ1v) is 27.4. The summed E-state index contributed by atoms with van der Waals surface area (Å²) in [4.78, 5) is 52.1. The van der Waals surface area contributed by atoms with Gasteiger partial charge in [0.2, 0.25) is 11.8 Å². The fourth-order valence-electron chi connectivity index (χ4n) is 10.8. The van der Waals surface area contributed by atoms with Gasteiger partial charge in [0.1, 0.15) is 47.2 Å². The van der Waals surface area contributed by atoms with Crippen LogP contribution in [0.15, 0.2) is 123 Å². The number of fused-ring (bicyclic) bond motifs is 6. The Morgan fingerprint density at radius 2 is 1.03 bits per heavy atom. The van der Waals surface area contributed by atoms with Crippen LogP contribution in [0.1, 0.15) is 87.8 Å². The number of nitrogens with one attached hydrogen (secondary N) is 1. The Bertz CT molecular complexity index is 3580. The van der Waals surface area contributed by atoms with Crippen LogP contribution < -0.4 is 14.8 Å². The highest BCUT2D eigenvalue weighted by atomic mass is 16.5. The normalized spacial score (nSPS) is 16.2. The maximum Gasteiger partial charge on any atom is 0.310 e. The summed E-state index contributed by atoms with van der Waals surface area (Å²) >= 11 is 0. The number of esters is 2. The van der Waals surface area contributed by atoms with Crippen molar-refractivity contribution in [2.45, 2.75) is 84.0 Å². The molecule has 0 bridgehead atoms. The van der Waals surface area contributed by atoms with Gasteiger partial charge in [-0.2, -0.15) is 0 Å². The molecule has 0 spiro atoms. The number of ether oxygens (including phenoxy) is 4. The van der Waals surface area contributed by atoms with E-state index in [4.69, 9.17) is 32.2 Å². The van der Waals surface area contributed by atoms with Crippen molar-refractivity contribution >= 4 is 89.0 Å². The Balaban J connectivity index is 0.000000135. The summed E-state index contributed by atoms with van der Waals surface area (Å²) in [6.07, 6.45) is 14.0. The lowest BCUT2D eigenvalue weighted by atomic mass is 9.90. The molecule has 3 aliphatic heterocycles. The van der Waals surface area contributed by atoms with Crippen molar-refractivity contribution in [2.75, 3.05) is 65.7 Å². The molecule has 0 saturated carbocycles. The molecule has 3 aliphatic rings. The molecule has 9 aromatic rings. The summed E-state index contributed by atoms with van der Waals surface area (Å²) in [5, 5.41) is 20.9. The monoisotopic (exact) mass is 1060 g/mol. The first-order chi connectivity index (χ1) is 38.1. The Hall–Kier alpha value is -7.88. The van der Waals surface area contributed by atoms with Crippen LogP contribution in [0.3, 0.4) is 0 Å². The van der Waals surface area contributed by atoms with Crippen molar-refractivity contribution in [3.05, 3.63) is 126 Å². The van der Waals surface area contributed by atoms with Crippen molar-refractivity contribution in [1.82, 2.24) is 15.1 Å². The predicted octanol–water partition coefficient (Wildman–Crippen LogP) is 11.9. The smallest absolute Gasteiger partial charge is 0.310 e. The van der Waals surface area contributed by atoms with Gasteiger partial charge in [0.15, 0.2) is 0 Å². The minimum atomic E-state index is -0.356. The molecule has 0 aliphatic carbocycles. The highest BCUT2D eigenvalue weighted by molar-refractivity contribution is 6.05. The van der Waals surface area contributed by atoms with Crippen LogP contribution in [0.5, 0.6) is 17.2 Å². The molecule has 6 heterocycles. The number of nitrogens with zero attached hydrogens (tertiary/aromatic N) is 2. The van der Waals surface area contributed by atoms with Gasteiger partial charge in [-0.05, 0) is 177 Å².